The summed E-state index contributed by atoms with van der Waals surface area (Å²) in [6.07, 6.45) is 7.23. The predicted molar refractivity (Wildman–Crippen MR) is 111 cm³/mol. The average molecular weight is 358 g/mol. The number of nitrogens with one attached hydrogen (secondary N) is 1. The highest BCUT2D eigenvalue weighted by atomic mass is 15.0. The Hall–Kier alpha value is -3.41. The third kappa shape index (κ3) is 4.61. The summed E-state index contributed by atoms with van der Waals surface area (Å²) >= 11 is 0. The minimum Gasteiger partial charge on any atom is -0.364 e. The number of fused-ring (bicyclic) bond motifs is 1. The van der Waals surface area contributed by atoms with Gasteiger partial charge in [-0.05, 0) is 49.3 Å². The molecular weight excluding hydrogens is 336 g/mol. The van der Waals surface area contributed by atoms with Crippen LogP contribution in [0.5, 0.6) is 0 Å². The van der Waals surface area contributed by atoms with Gasteiger partial charge in [-0.3, -0.25) is 9.98 Å². The van der Waals surface area contributed by atoms with Gasteiger partial charge in [-0.15, -0.1) is 0 Å². The second-order valence-electron chi connectivity index (χ2n) is 6.22. The highest BCUT2D eigenvalue weighted by molar-refractivity contribution is 5.93. The topological polar surface area (TPSA) is 76.0 Å². The molecule has 0 radical (unpaired) electrons. The summed E-state index contributed by atoms with van der Waals surface area (Å²) in [5, 5.41) is 3.29. The van der Waals surface area contributed by atoms with Crippen LogP contribution in [0.2, 0.25) is 0 Å². The fraction of sp³-hybridized carbons (Fsp3) is 0.190. The number of allylic oxidation sites excluding steroid dienone is 1. The summed E-state index contributed by atoms with van der Waals surface area (Å²) in [5.41, 5.74) is 6.06. The molecule has 0 saturated heterocycles. The van der Waals surface area contributed by atoms with Gasteiger partial charge in [0.05, 0.1) is 16.9 Å². The van der Waals surface area contributed by atoms with Crippen molar-refractivity contribution in [1.82, 2.24) is 19.9 Å². The molecule has 0 aliphatic rings. The van der Waals surface area contributed by atoms with Crippen molar-refractivity contribution in [3.63, 3.8) is 0 Å². The van der Waals surface area contributed by atoms with Crippen LogP contribution < -0.4 is 5.32 Å². The molecule has 0 amide bonds. The molecule has 3 rings (SSSR count). The lowest BCUT2D eigenvalue weighted by molar-refractivity contribution is 1.15. The van der Waals surface area contributed by atoms with Gasteiger partial charge >= 0.3 is 0 Å². The number of hydrogen-bond donors (Lipinski definition) is 1. The summed E-state index contributed by atoms with van der Waals surface area (Å²) in [5.74, 6) is 0.671. The quantitative estimate of drug-likeness (QED) is 0.532. The Morgan fingerprint density at radius 2 is 1.93 bits per heavy atom. The monoisotopic (exact) mass is 358 g/mol. The van der Waals surface area contributed by atoms with Crippen LogP contribution in [-0.4, -0.2) is 39.2 Å². The van der Waals surface area contributed by atoms with Crippen LogP contribution in [0.4, 0.5) is 5.82 Å². The van der Waals surface area contributed by atoms with E-state index in [-0.39, 0.29) is 0 Å². The molecule has 0 fully saturated rings. The number of anilines is 1. The number of rotatable bonds is 6. The van der Waals surface area contributed by atoms with Gasteiger partial charge in [-0.2, -0.15) is 0 Å². The molecule has 0 atom stereocenters. The molecular formula is C21H22N6. The number of aromatic nitrogens is 4. The molecule has 3 aromatic heterocycles. The maximum atomic E-state index is 4.72. The van der Waals surface area contributed by atoms with E-state index in [1.165, 1.54) is 6.33 Å². The molecule has 6 nitrogen and oxygen atoms in total. The highest BCUT2D eigenvalue weighted by Crippen LogP contribution is 2.22. The molecule has 0 aliphatic heterocycles. The van der Waals surface area contributed by atoms with Gasteiger partial charge in [0, 0.05) is 25.5 Å². The van der Waals surface area contributed by atoms with Crippen molar-refractivity contribution in [2.75, 3.05) is 18.9 Å². The lowest BCUT2D eigenvalue weighted by Crippen LogP contribution is -2.06. The van der Waals surface area contributed by atoms with Crippen molar-refractivity contribution in [2.24, 2.45) is 4.99 Å². The second-order valence-corrected chi connectivity index (χ2v) is 6.22. The van der Waals surface area contributed by atoms with Gasteiger partial charge in [0.1, 0.15) is 11.8 Å². The van der Waals surface area contributed by atoms with Crippen molar-refractivity contribution >= 4 is 22.6 Å². The molecule has 136 valence electrons. The lowest BCUT2D eigenvalue weighted by Gasteiger charge is -2.09. The van der Waals surface area contributed by atoms with Gasteiger partial charge < -0.3 is 5.32 Å². The first-order chi connectivity index (χ1) is 13.1. The van der Waals surface area contributed by atoms with Gasteiger partial charge in [-0.1, -0.05) is 18.7 Å². The Bertz CT molecular complexity index is 1020. The van der Waals surface area contributed by atoms with E-state index in [0.29, 0.717) is 17.9 Å². The molecule has 0 aliphatic carbocycles. The van der Waals surface area contributed by atoms with E-state index in [1.54, 1.807) is 7.05 Å². The first-order valence-corrected chi connectivity index (χ1v) is 8.64. The Morgan fingerprint density at radius 3 is 2.67 bits per heavy atom. The first kappa shape index (κ1) is 18.4. The first-order valence-electron chi connectivity index (χ1n) is 8.64. The smallest absolute Gasteiger partial charge is 0.156 e. The minimum absolute atomic E-state index is 0.550. The molecule has 3 aromatic rings. The fourth-order valence-corrected chi connectivity index (χ4v) is 2.40. The normalized spacial score (nSPS) is 11.9. The van der Waals surface area contributed by atoms with Crippen molar-refractivity contribution in [1.29, 1.82) is 0 Å². The summed E-state index contributed by atoms with van der Waals surface area (Å²) in [4.78, 5) is 21.9. The molecule has 27 heavy (non-hydrogen) atoms. The van der Waals surface area contributed by atoms with E-state index in [4.69, 9.17) is 4.98 Å². The Labute approximate surface area is 158 Å². The second kappa shape index (κ2) is 8.31. The zero-order valence-corrected chi connectivity index (χ0v) is 15.8. The summed E-state index contributed by atoms with van der Waals surface area (Å²) in [6.45, 7) is 8.55. The molecule has 1 N–H and O–H groups in total. The Balaban J connectivity index is 1.85. The van der Waals surface area contributed by atoms with Gasteiger partial charge in [0.15, 0.2) is 5.82 Å². The maximum Gasteiger partial charge on any atom is 0.156 e. The summed E-state index contributed by atoms with van der Waals surface area (Å²) in [6, 6.07) is 7.84. The molecule has 0 bridgehead atoms. The van der Waals surface area contributed by atoms with Gasteiger partial charge in [0.2, 0.25) is 0 Å². The molecule has 3 heterocycles. The van der Waals surface area contributed by atoms with Crippen molar-refractivity contribution < 1.29 is 0 Å². The van der Waals surface area contributed by atoms with E-state index < -0.39 is 0 Å². The Morgan fingerprint density at radius 1 is 1.11 bits per heavy atom. The van der Waals surface area contributed by atoms with Crippen LogP contribution in [0.15, 0.2) is 66.1 Å². The van der Waals surface area contributed by atoms with Gasteiger partial charge in [0.25, 0.3) is 0 Å². The van der Waals surface area contributed by atoms with Crippen molar-refractivity contribution in [3.8, 4) is 11.4 Å². The van der Waals surface area contributed by atoms with Crippen molar-refractivity contribution in [2.45, 2.75) is 13.8 Å². The fourth-order valence-electron chi connectivity index (χ4n) is 2.40. The predicted octanol–water partition coefficient (Wildman–Crippen LogP) is 4.01. The highest BCUT2D eigenvalue weighted by Gasteiger charge is 2.08. The number of aryl methyl sites for hydroxylation is 1. The number of hydrogen-bond acceptors (Lipinski definition) is 6. The van der Waals surface area contributed by atoms with E-state index in [2.05, 4.69) is 31.8 Å². The molecule has 0 unspecified atom stereocenters. The number of nitrogens with zero attached hydrogens (tertiary/aromatic N) is 5. The summed E-state index contributed by atoms with van der Waals surface area (Å²) in [7, 11) is 1.76. The maximum absolute atomic E-state index is 4.72. The van der Waals surface area contributed by atoms with Gasteiger partial charge in [-0.25, -0.2) is 15.0 Å². The van der Waals surface area contributed by atoms with Crippen LogP contribution in [0.25, 0.3) is 22.4 Å². The van der Waals surface area contributed by atoms with Crippen molar-refractivity contribution in [3.05, 3.63) is 66.7 Å². The van der Waals surface area contributed by atoms with Crippen LogP contribution in [0.1, 0.15) is 12.5 Å². The number of aliphatic imine (C=N–C) groups is 1. The SMILES string of the molecule is C=C(/C=C\C(C)=NC)CNc1ncnc2ccc(-c3ccc(C)cn3)nc12. The zero-order chi connectivity index (χ0) is 19.2. The third-order valence-corrected chi connectivity index (χ3v) is 4.05. The molecule has 0 spiro atoms. The summed E-state index contributed by atoms with van der Waals surface area (Å²) < 4.78 is 0. The van der Waals surface area contributed by atoms with Crippen LogP contribution in [0.3, 0.4) is 0 Å². The molecule has 6 heteroatoms. The zero-order valence-electron chi connectivity index (χ0n) is 15.8. The van der Waals surface area contributed by atoms with E-state index in [9.17, 15) is 0 Å². The standard InChI is InChI=1S/C21H22N6/c1-14(5-7-16(3)22-4)12-24-21-20-19(25-13-26-21)10-9-18(27-20)17-8-6-15(2)11-23-17/h5-11,13H,1,12H2,2-4H3,(H,24,25,26)/b7-5-,22-16?. The van der Waals surface area contributed by atoms with E-state index >= 15 is 0 Å². The lowest BCUT2D eigenvalue weighted by atomic mass is 10.2. The molecule has 0 saturated carbocycles. The largest absolute Gasteiger partial charge is 0.364 e. The van der Waals surface area contributed by atoms with Crippen LogP contribution in [-0.2, 0) is 0 Å². The van der Waals surface area contributed by atoms with E-state index in [1.807, 2.05) is 56.5 Å². The number of pyridine rings is 2. The Kier molecular flexibility index (Phi) is 5.66. The molecule has 0 aromatic carbocycles. The minimum atomic E-state index is 0.550. The van der Waals surface area contributed by atoms with Crippen LogP contribution in [0, 0.1) is 6.92 Å². The van der Waals surface area contributed by atoms with Crippen LogP contribution >= 0.6 is 0 Å². The third-order valence-electron chi connectivity index (χ3n) is 4.05. The van der Waals surface area contributed by atoms with E-state index in [0.717, 1.165) is 33.8 Å². The average Bonchev–Trinajstić information content (AvgIpc) is 2.70.